The number of carboxylic acids is 1. The smallest absolute Gasteiger partial charge is 0.354 e. The molecule has 0 saturated carbocycles. The fraction of sp³-hybridized carbons (Fsp3) is 0.0588. The lowest BCUT2D eigenvalue weighted by Gasteiger charge is -2.10. The quantitative estimate of drug-likeness (QED) is 0.646. The number of benzene rings is 2. The molecule has 0 aliphatic carbocycles. The van der Waals surface area contributed by atoms with E-state index >= 15 is 0 Å². The molecule has 25 heavy (non-hydrogen) atoms. The summed E-state index contributed by atoms with van der Waals surface area (Å²) in [5.41, 5.74) is 0.973. The largest absolute Gasteiger partial charge is 0.477 e. The van der Waals surface area contributed by atoms with Crippen molar-refractivity contribution in [2.75, 3.05) is 0 Å². The van der Waals surface area contributed by atoms with Crippen molar-refractivity contribution in [3.8, 4) is 5.69 Å². The van der Waals surface area contributed by atoms with Crippen LogP contribution in [0.5, 0.6) is 0 Å². The van der Waals surface area contributed by atoms with E-state index in [-0.39, 0.29) is 5.69 Å². The van der Waals surface area contributed by atoms with E-state index in [2.05, 4.69) is 4.98 Å². The van der Waals surface area contributed by atoms with E-state index in [1.807, 2.05) is 0 Å². The van der Waals surface area contributed by atoms with Gasteiger partial charge in [0.1, 0.15) is 11.6 Å². The van der Waals surface area contributed by atoms with Gasteiger partial charge in [0.05, 0.1) is 6.20 Å². The van der Waals surface area contributed by atoms with E-state index in [9.17, 15) is 18.7 Å². The summed E-state index contributed by atoms with van der Waals surface area (Å²) in [6.45, 7) is 0. The number of aromatic carboxylic acids is 1. The number of carbonyl (C=O) groups is 1. The Morgan fingerprint density at radius 1 is 1.16 bits per heavy atom. The summed E-state index contributed by atoms with van der Waals surface area (Å²) in [7, 11) is 0. The third-order valence-corrected chi connectivity index (χ3v) is 4.77. The fourth-order valence-electron chi connectivity index (χ4n) is 2.22. The highest BCUT2D eigenvalue weighted by Crippen LogP contribution is 2.29. The Balaban J connectivity index is 1.95. The third kappa shape index (κ3) is 3.83. The van der Waals surface area contributed by atoms with Gasteiger partial charge in [0.2, 0.25) is 0 Å². The summed E-state index contributed by atoms with van der Waals surface area (Å²) in [4.78, 5) is 15.6. The van der Waals surface area contributed by atoms with Crippen molar-refractivity contribution in [1.29, 1.82) is 0 Å². The predicted octanol–water partition coefficient (Wildman–Crippen LogP) is 4.79. The van der Waals surface area contributed by atoms with Crippen LogP contribution in [0.25, 0.3) is 5.69 Å². The van der Waals surface area contributed by atoms with Crippen molar-refractivity contribution >= 4 is 29.3 Å². The number of aromatic nitrogens is 2. The molecule has 0 saturated heterocycles. The van der Waals surface area contributed by atoms with Crippen LogP contribution in [0.1, 0.15) is 16.1 Å². The number of rotatable bonds is 5. The first kappa shape index (κ1) is 17.4. The lowest BCUT2D eigenvalue weighted by Crippen LogP contribution is -2.07. The zero-order valence-electron chi connectivity index (χ0n) is 12.6. The first-order valence-corrected chi connectivity index (χ1v) is 8.46. The van der Waals surface area contributed by atoms with Crippen molar-refractivity contribution in [1.82, 2.24) is 9.55 Å². The van der Waals surface area contributed by atoms with Crippen molar-refractivity contribution < 1.29 is 18.7 Å². The second-order valence-electron chi connectivity index (χ2n) is 5.07. The fourth-order valence-corrected chi connectivity index (χ4v) is 3.47. The summed E-state index contributed by atoms with van der Waals surface area (Å²) >= 11 is 7.25. The Kier molecular flexibility index (Phi) is 5.06. The summed E-state index contributed by atoms with van der Waals surface area (Å²) in [6, 6.07) is 9.43. The van der Waals surface area contributed by atoms with Crippen LogP contribution in [0.2, 0.25) is 5.02 Å². The normalized spacial score (nSPS) is 10.8. The molecular formula is C17H11ClF2N2O2S. The van der Waals surface area contributed by atoms with E-state index < -0.39 is 17.6 Å². The van der Waals surface area contributed by atoms with E-state index in [1.165, 1.54) is 65.0 Å². The molecule has 2 aromatic carbocycles. The van der Waals surface area contributed by atoms with Crippen LogP contribution in [-0.4, -0.2) is 20.6 Å². The standard InChI is InChI=1S/C17H11ClF2N2O2S/c18-14-6-3-12(20)7-10(14)9-25-17-21-8-15(16(23)24)22(17)13-4-1-11(19)2-5-13/h1-8H,9H2,(H,23,24). The molecule has 0 unspecified atom stereocenters. The molecule has 1 N–H and O–H groups in total. The number of thioether (sulfide) groups is 1. The van der Waals surface area contributed by atoms with Crippen LogP contribution in [0.4, 0.5) is 8.78 Å². The molecule has 0 aliphatic heterocycles. The van der Waals surface area contributed by atoms with Gasteiger partial charge in [-0.25, -0.2) is 18.6 Å². The van der Waals surface area contributed by atoms with E-state index in [4.69, 9.17) is 11.6 Å². The molecule has 0 spiro atoms. The Morgan fingerprint density at radius 3 is 2.52 bits per heavy atom. The molecule has 1 aromatic heterocycles. The highest BCUT2D eigenvalue weighted by molar-refractivity contribution is 7.98. The van der Waals surface area contributed by atoms with Gasteiger partial charge in [-0.05, 0) is 48.0 Å². The van der Waals surface area contributed by atoms with Crippen LogP contribution in [0.15, 0.2) is 53.8 Å². The monoisotopic (exact) mass is 380 g/mol. The molecule has 0 radical (unpaired) electrons. The lowest BCUT2D eigenvalue weighted by molar-refractivity contribution is 0.0687. The molecule has 1 heterocycles. The molecule has 128 valence electrons. The van der Waals surface area contributed by atoms with Crippen LogP contribution in [0, 0.1) is 11.6 Å². The molecule has 0 atom stereocenters. The first-order chi connectivity index (χ1) is 12.0. The number of hydrogen-bond acceptors (Lipinski definition) is 3. The van der Waals surface area contributed by atoms with Crippen molar-refractivity contribution in [2.45, 2.75) is 10.9 Å². The minimum Gasteiger partial charge on any atom is -0.477 e. The number of carboxylic acid groups (broad SMARTS) is 1. The Hall–Kier alpha value is -2.38. The van der Waals surface area contributed by atoms with Gasteiger partial charge in [-0.15, -0.1) is 0 Å². The maximum atomic E-state index is 13.4. The number of halogens is 3. The molecule has 3 rings (SSSR count). The molecule has 0 amide bonds. The Morgan fingerprint density at radius 2 is 1.84 bits per heavy atom. The molecule has 8 heteroatoms. The number of nitrogens with zero attached hydrogens (tertiary/aromatic N) is 2. The molecule has 0 fully saturated rings. The summed E-state index contributed by atoms with van der Waals surface area (Å²) < 4.78 is 27.9. The van der Waals surface area contributed by atoms with Gasteiger partial charge in [-0.2, -0.15) is 0 Å². The van der Waals surface area contributed by atoms with Gasteiger partial charge in [-0.1, -0.05) is 23.4 Å². The SMILES string of the molecule is O=C(O)c1cnc(SCc2cc(F)ccc2Cl)n1-c1ccc(F)cc1. The Labute approximate surface area is 151 Å². The maximum absolute atomic E-state index is 13.4. The van der Waals surface area contributed by atoms with Crippen LogP contribution in [0.3, 0.4) is 0 Å². The minimum atomic E-state index is -1.16. The minimum absolute atomic E-state index is 0.0561. The second kappa shape index (κ2) is 7.25. The van der Waals surface area contributed by atoms with Crippen LogP contribution in [-0.2, 0) is 5.75 Å². The number of hydrogen-bond donors (Lipinski definition) is 1. The van der Waals surface area contributed by atoms with Gasteiger partial charge in [0.15, 0.2) is 10.9 Å². The highest BCUT2D eigenvalue weighted by atomic mass is 35.5. The van der Waals surface area contributed by atoms with Crippen molar-refractivity contribution in [2.24, 2.45) is 0 Å². The van der Waals surface area contributed by atoms with Gasteiger partial charge in [0.25, 0.3) is 0 Å². The molecule has 4 nitrogen and oxygen atoms in total. The molecule has 0 aliphatic rings. The lowest BCUT2D eigenvalue weighted by atomic mass is 10.2. The Bertz CT molecular complexity index is 929. The van der Waals surface area contributed by atoms with Gasteiger partial charge in [0, 0.05) is 16.5 Å². The van der Waals surface area contributed by atoms with E-state index in [0.29, 0.717) is 27.2 Å². The first-order valence-electron chi connectivity index (χ1n) is 7.09. The zero-order valence-corrected chi connectivity index (χ0v) is 14.2. The highest BCUT2D eigenvalue weighted by Gasteiger charge is 2.18. The van der Waals surface area contributed by atoms with E-state index in [1.54, 1.807) is 0 Å². The van der Waals surface area contributed by atoms with Gasteiger partial charge < -0.3 is 5.11 Å². The third-order valence-electron chi connectivity index (χ3n) is 3.40. The molecule has 0 bridgehead atoms. The van der Waals surface area contributed by atoms with Gasteiger partial charge in [-0.3, -0.25) is 4.57 Å². The van der Waals surface area contributed by atoms with Crippen molar-refractivity contribution in [3.63, 3.8) is 0 Å². The van der Waals surface area contributed by atoms with Gasteiger partial charge >= 0.3 is 5.97 Å². The number of imidazole rings is 1. The maximum Gasteiger partial charge on any atom is 0.354 e. The predicted molar refractivity (Wildman–Crippen MR) is 91.5 cm³/mol. The van der Waals surface area contributed by atoms with Crippen molar-refractivity contribution in [3.05, 3.63) is 76.6 Å². The summed E-state index contributed by atoms with van der Waals surface area (Å²) in [5.74, 6) is -1.70. The van der Waals surface area contributed by atoms with Crippen LogP contribution < -0.4 is 0 Å². The topological polar surface area (TPSA) is 55.1 Å². The average Bonchev–Trinajstić information content (AvgIpc) is 3.00. The van der Waals surface area contributed by atoms with Crippen LogP contribution >= 0.6 is 23.4 Å². The van der Waals surface area contributed by atoms with E-state index in [0.717, 1.165) is 0 Å². The second-order valence-corrected chi connectivity index (χ2v) is 6.42. The zero-order chi connectivity index (χ0) is 18.0. The summed E-state index contributed by atoms with van der Waals surface area (Å²) in [6.07, 6.45) is 1.22. The summed E-state index contributed by atoms with van der Waals surface area (Å²) in [5, 5.41) is 10.1. The molecular weight excluding hydrogens is 370 g/mol. The molecule has 3 aromatic rings. The average molecular weight is 381 g/mol.